The molecule has 0 N–H and O–H groups in total. The van der Waals surface area contributed by atoms with E-state index >= 15 is 0 Å². The zero-order valence-corrected chi connectivity index (χ0v) is 9.69. The predicted molar refractivity (Wildman–Crippen MR) is 64.8 cm³/mol. The maximum absolute atomic E-state index is 5.73. The van der Waals surface area contributed by atoms with E-state index in [-0.39, 0.29) is 0 Å². The molecule has 1 heterocycles. The smallest absolute Gasteiger partial charge is 0.122 e. The molecular weight excluding hydrogens is 200 g/mol. The van der Waals surface area contributed by atoms with Crippen LogP contribution >= 0.6 is 0 Å². The molecule has 2 heteroatoms. The summed E-state index contributed by atoms with van der Waals surface area (Å²) in [6, 6.07) is 8.20. The van der Waals surface area contributed by atoms with Crippen molar-refractivity contribution in [1.82, 2.24) is 0 Å². The summed E-state index contributed by atoms with van der Waals surface area (Å²) >= 11 is 0. The Balaban J connectivity index is 1.94. The summed E-state index contributed by atoms with van der Waals surface area (Å²) < 4.78 is 10.9. The number of ether oxygens (including phenoxy) is 2. The molecule has 0 spiro atoms. The number of hydrogen-bond donors (Lipinski definition) is 0. The second-order valence-electron chi connectivity index (χ2n) is 3.96. The lowest BCUT2D eigenvalue weighted by Gasteiger charge is -2.08. The highest BCUT2D eigenvalue weighted by Crippen LogP contribution is 2.20. The largest absolute Gasteiger partial charge is 0.490 e. The first kappa shape index (κ1) is 11.2. The average Bonchev–Trinajstić information content (AvgIpc) is 3.12. The summed E-state index contributed by atoms with van der Waals surface area (Å²) in [5.74, 6) is 0.985. The van der Waals surface area contributed by atoms with Gasteiger partial charge in [-0.05, 0) is 24.5 Å². The number of epoxide rings is 1. The van der Waals surface area contributed by atoms with Crippen LogP contribution in [0.3, 0.4) is 0 Å². The van der Waals surface area contributed by atoms with E-state index < -0.39 is 0 Å². The molecule has 0 bridgehead atoms. The van der Waals surface area contributed by atoms with Crippen molar-refractivity contribution in [2.75, 3.05) is 13.2 Å². The van der Waals surface area contributed by atoms with E-state index in [1.807, 2.05) is 12.1 Å². The summed E-state index contributed by atoms with van der Waals surface area (Å²) in [5, 5.41) is 0. The molecule has 1 fully saturated rings. The second kappa shape index (κ2) is 5.71. The Morgan fingerprint density at radius 3 is 2.94 bits per heavy atom. The molecule has 16 heavy (non-hydrogen) atoms. The molecule has 1 saturated heterocycles. The van der Waals surface area contributed by atoms with Gasteiger partial charge in [0.25, 0.3) is 0 Å². The summed E-state index contributed by atoms with van der Waals surface area (Å²) in [5.41, 5.74) is 1.24. The van der Waals surface area contributed by atoms with Crippen LogP contribution in [0.2, 0.25) is 0 Å². The molecule has 2 rings (SSSR count). The molecular formula is C14H18O2. The van der Waals surface area contributed by atoms with Crippen LogP contribution < -0.4 is 4.74 Å². The zero-order chi connectivity index (χ0) is 11.2. The van der Waals surface area contributed by atoms with Crippen molar-refractivity contribution in [2.45, 2.75) is 25.9 Å². The van der Waals surface area contributed by atoms with Crippen molar-refractivity contribution < 1.29 is 9.47 Å². The van der Waals surface area contributed by atoms with Gasteiger partial charge < -0.3 is 9.47 Å². The van der Waals surface area contributed by atoms with Crippen LogP contribution in [0.4, 0.5) is 0 Å². The molecule has 1 aromatic carbocycles. The number of rotatable bonds is 6. The number of hydrogen-bond acceptors (Lipinski definition) is 2. The van der Waals surface area contributed by atoms with Gasteiger partial charge in [0.05, 0.1) is 6.61 Å². The summed E-state index contributed by atoms with van der Waals surface area (Å²) in [6.07, 6.45) is 6.71. The van der Waals surface area contributed by atoms with Crippen LogP contribution in [0.15, 0.2) is 36.4 Å². The van der Waals surface area contributed by atoms with Crippen molar-refractivity contribution >= 4 is 0 Å². The Morgan fingerprint density at radius 1 is 1.38 bits per heavy atom. The molecule has 86 valence electrons. The van der Waals surface area contributed by atoms with E-state index in [1.165, 1.54) is 5.56 Å². The molecule has 1 aromatic rings. The van der Waals surface area contributed by atoms with Crippen LogP contribution in [0.5, 0.6) is 5.75 Å². The second-order valence-corrected chi connectivity index (χ2v) is 3.96. The highest BCUT2D eigenvalue weighted by atomic mass is 16.6. The SMILES string of the molecule is CC/C=C/Cc1ccccc1OCC1CO1. The van der Waals surface area contributed by atoms with Gasteiger partial charge in [-0.2, -0.15) is 0 Å². The Bertz CT molecular complexity index is 354. The Hall–Kier alpha value is -1.28. The lowest BCUT2D eigenvalue weighted by Crippen LogP contribution is -2.05. The van der Waals surface area contributed by atoms with Crippen LogP contribution in [-0.2, 0) is 11.2 Å². The molecule has 0 amide bonds. The first-order chi connectivity index (χ1) is 7.90. The Labute approximate surface area is 96.9 Å². The first-order valence-corrected chi connectivity index (χ1v) is 5.87. The number of benzene rings is 1. The van der Waals surface area contributed by atoms with Gasteiger partial charge in [-0.25, -0.2) is 0 Å². The first-order valence-electron chi connectivity index (χ1n) is 5.87. The van der Waals surface area contributed by atoms with E-state index in [0.717, 1.165) is 25.2 Å². The third kappa shape index (κ3) is 3.38. The Kier molecular flexibility index (Phi) is 4.00. The molecule has 1 aliphatic rings. The normalized spacial score (nSPS) is 18.9. The molecule has 2 nitrogen and oxygen atoms in total. The van der Waals surface area contributed by atoms with Crippen molar-refractivity contribution in [2.24, 2.45) is 0 Å². The van der Waals surface area contributed by atoms with Crippen molar-refractivity contribution in [3.8, 4) is 5.75 Å². The van der Waals surface area contributed by atoms with E-state index in [0.29, 0.717) is 12.7 Å². The third-order valence-electron chi connectivity index (χ3n) is 2.54. The molecule has 1 aliphatic heterocycles. The maximum Gasteiger partial charge on any atom is 0.122 e. The lowest BCUT2D eigenvalue weighted by molar-refractivity contribution is 0.261. The van der Waals surface area contributed by atoms with Gasteiger partial charge in [0.15, 0.2) is 0 Å². The molecule has 1 atom stereocenters. The fourth-order valence-corrected chi connectivity index (χ4v) is 1.54. The van der Waals surface area contributed by atoms with Gasteiger partial charge in [0.2, 0.25) is 0 Å². The quantitative estimate of drug-likeness (QED) is 0.541. The monoisotopic (exact) mass is 218 g/mol. The number of para-hydroxylation sites is 1. The van der Waals surface area contributed by atoms with Crippen molar-refractivity contribution in [3.63, 3.8) is 0 Å². The topological polar surface area (TPSA) is 21.8 Å². The minimum atomic E-state index is 0.319. The third-order valence-corrected chi connectivity index (χ3v) is 2.54. The van der Waals surface area contributed by atoms with Gasteiger partial charge in [0.1, 0.15) is 18.5 Å². The lowest BCUT2D eigenvalue weighted by atomic mass is 10.1. The van der Waals surface area contributed by atoms with E-state index in [4.69, 9.17) is 9.47 Å². The van der Waals surface area contributed by atoms with Gasteiger partial charge in [-0.1, -0.05) is 37.3 Å². The van der Waals surface area contributed by atoms with Crippen LogP contribution in [-0.4, -0.2) is 19.3 Å². The predicted octanol–water partition coefficient (Wildman–Crippen LogP) is 2.97. The molecule has 0 aliphatic carbocycles. The van der Waals surface area contributed by atoms with E-state index in [1.54, 1.807) is 0 Å². The highest BCUT2D eigenvalue weighted by molar-refractivity contribution is 5.34. The van der Waals surface area contributed by atoms with Crippen molar-refractivity contribution in [1.29, 1.82) is 0 Å². The fourth-order valence-electron chi connectivity index (χ4n) is 1.54. The molecule has 1 unspecified atom stereocenters. The molecule has 0 radical (unpaired) electrons. The van der Waals surface area contributed by atoms with Crippen molar-refractivity contribution in [3.05, 3.63) is 42.0 Å². The van der Waals surface area contributed by atoms with E-state index in [9.17, 15) is 0 Å². The summed E-state index contributed by atoms with van der Waals surface area (Å²) in [6.45, 7) is 3.66. The highest BCUT2D eigenvalue weighted by Gasteiger charge is 2.23. The van der Waals surface area contributed by atoms with Crippen LogP contribution in [0.1, 0.15) is 18.9 Å². The van der Waals surface area contributed by atoms with Crippen LogP contribution in [0, 0.1) is 0 Å². The summed E-state index contributed by atoms with van der Waals surface area (Å²) in [7, 11) is 0. The zero-order valence-electron chi connectivity index (χ0n) is 9.69. The fraction of sp³-hybridized carbons (Fsp3) is 0.429. The maximum atomic E-state index is 5.73. The van der Waals surface area contributed by atoms with Crippen LogP contribution in [0.25, 0.3) is 0 Å². The number of allylic oxidation sites excluding steroid dienone is 2. The van der Waals surface area contributed by atoms with Gasteiger partial charge in [-0.3, -0.25) is 0 Å². The average molecular weight is 218 g/mol. The minimum Gasteiger partial charge on any atom is -0.490 e. The van der Waals surface area contributed by atoms with Gasteiger partial charge in [0, 0.05) is 0 Å². The Morgan fingerprint density at radius 2 is 2.19 bits per heavy atom. The standard InChI is InChI=1S/C14H18O2/c1-2-3-4-7-12-8-5-6-9-14(12)16-11-13-10-15-13/h3-6,8-9,13H,2,7,10-11H2,1H3/b4-3+. The molecule has 0 aromatic heterocycles. The molecule has 0 saturated carbocycles. The summed E-state index contributed by atoms with van der Waals surface area (Å²) in [4.78, 5) is 0. The van der Waals surface area contributed by atoms with Gasteiger partial charge in [-0.15, -0.1) is 0 Å². The van der Waals surface area contributed by atoms with E-state index in [2.05, 4.69) is 31.2 Å². The van der Waals surface area contributed by atoms with Gasteiger partial charge >= 0.3 is 0 Å². The minimum absolute atomic E-state index is 0.319.